The van der Waals surface area contributed by atoms with E-state index in [1.165, 1.54) is 24.3 Å². The molecule has 0 bridgehead atoms. The summed E-state index contributed by atoms with van der Waals surface area (Å²) in [5.41, 5.74) is -0.232. The minimum Gasteiger partial charge on any atom is -0.378 e. The number of nitro benzene ring substituents is 1. The second-order valence-corrected chi connectivity index (χ2v) is 8.81. The summed E-state index contributed by atoms with van der Waals surface area (Å²) in [6.07, 6.45) is 0.943. The summed E-state index contributed by atoms with van der Waals surface area (Å²) in [6, 6.07) is 9.39. The summed E-state index contributed by atoms with van der Waals surface area (Å²) in [4.78, 5) is 22.6. The maximum Gasteiger partial charge on any atom is 0.293 e. The van der Waals surface area contributed by atoms with Crippen LogP contribution in [0.5, 0.6) is 0 Å². The quantitative estimate of drug-likeness (QED) is 0.263. The Labute approximate surface area is 169 Å². The zero-order valence-electron chi connectivity index (χ0n) is 15.1. The molecule has 2 aromatic carbocycles. The number of halogens is 2. The molecule has 0 atom stereocenters. The number of thioether (sulfide) groups is 1. The van der Waals surface area contributed by atoms with Crippen LogP contribution in [0, 0.1) is 10.1 Å². The van der Waals surface area contributed by atoms with E-state index >= 15 is 0 Å². The van der Waals surface area contributed by atoms with Crippen LogP contribution in [0.3, 0.4) is 0 Å². The van der Waals surface area contributed by atoms with Crippen LogP contribution in [0.25, 0.3) is 0 Å². The van der Waals surface area contributed by atoms with Gasteiger partial charge in [0.15, 0.2) is 9.84 Å². The SMILES string of the molecule is CS(=O)(=O)c1ccc(NCCNC(=O)c2ccccc2SC(F)F)c([N+](=O)[O-])c1. The molecule has 0 heterocycles. The second kappa shape index (κ2) is 9.65. The minimum atomic E-state index is -3.60. The largest absolute Gasteiger partial charge is 0.378 e. The van der Waals surface area contributed by atoms with Gasteiger partial charge in [0.25, 0.3) is 17.4 Å². The normalized spacial score (nSPS) is 11.3. The molecule has 0 aliphatic heterocycles. The molecular weight excluding hydrogens is 428 g/mol. The zero-order valence-corrected chi connectivity index (χ0v) is 16.7. The number of hydrogen-bond donors (Lipinski definition) is 2. The molecule has 2 N–H and O–H groups in total. The van der Waals surface area contributed by atoms with Crippen molar-refractivity contribution < 1.29 is 26.9 Å². The Balaban J connectivity index is 2.01. The lowest BCUT2D eigenvalue weighted by Crippen LogP contribution is -2.29. The summed E-state index contributed by atoms with van der Waals surface area (Å²) in [6.45, 7) is 0.145. The molecule has 0 aliphatic rings. The molecule has 0 fully saturated rings. The molecule has 0 aliphatic carbocycles. The Bertz CT molecular complexity index is 1020. The van der Waals surface area contributed by atoms with Crippen molar-refractivity contribution in [1.82, 2.24) is 5.32 Å². The van der Waals surface area contributed by atoms with Gasteiger partial charge in [-0.25, -0.2) is 8.42 Å². The standard InChI is InChI=1S/C17H17F2N3O5S2/c1-29(26,27)11-6-7-13(14(10-11)22(24)25)20-8-9-21-16(23)12-4-2-3-5-15(12)28-17(18)19/h2-7,10,17,20H,8-9H2,1H3,(H,21,23). The van der Waals surface area contributed by atoms with E-state index in [4.69, 9.17) is 0 Å². The fourth-order valence-electron chi connectivity index (χ4n) is 2.36. The Morgan fingerprint density at radius 2 is 1.90 bits per heavy atom. The third kappa shape index (κ3) is 6.39. The lowest BCUT2D eigenvalue weighted by atomic mass is 10.2. The van der Waals surface area contributed by atoms with Crippen LogP contribution in [-0.4, -0.2) is 44.4 Å². The Morgan fingerprint density at radius 1 is 1.21 bits per heavy atom. The van der Waals surface area contributed by atoms with Gasteiger partial charge < -0.3 is 10.6 Å². The number of sulfone groups is 1. The van der Waals surface area contributed by atoms with Crippen LogP contribution in [0.4, 0.5) is 20.2 Å². The first-order chi connectivity index (χ1) is 13.6. The van der Waals surface area contributed by atoms with Crippen LogP contribution in [-0.2, 0) is 9.84 Å². The van der Waals surface area contributed by atoms with E-state index in [0.29, 0.717) is 0 Å². The topological polar surface area (TPSA) is 118 Å². The van der Waals surface area contributed by atoms with Crippen LogP contribution in [0.15, 0.2) is 52.3 Å². The van der Waals surface area contributed by atoms with Crippen molar-refractivity contribution in [3.63, 3.8) is 0 Å². The number of nitro groups is 1. The molecule has 0 unspecified atom stereocenters. The fraction of sp³-hybridized carbons (Fsp3) is 0.235. The van der Waals surface area contributed by atoms with Crippen molar-refractivity contribution in [1.29, 1.82) is 0 Å². The van der Waals surface area contributed by atoms with E-state index in [1.54, 1.807) is 12.1 Å². The molecular formula is C17H17F2N3O5S2. The van der Waals surface area contributed by atoms with Crippen molar-refractivity contribution >= 4 is 38.9 Å². The van der Waals surface area contributed by atoms with E-state index in [9.17, 15) is 32.1 Å². The molecule has 0 radical (unpaired) electrons. The zero-order chi connectivity index (χ0) is 21.6. The molecule has 0 saturated carbocycles. The van der Waals surface area contributed by atoms with E-state index in [2.05, 4.69) is 10.6 Å². The van der Waals surface area contributed by atoms with E-state index in [-0.39, 0.29) is 45.9 Å². The van der Waals surface area contributed by atoms with Crippen LogP contribution < -0.4 is 10.6 Å². The van der Waals surface area contributed by atoms with Crippen molar-refractivity contribution in [3.8, 4) is 0 Å². The van der Waals surface area contributed by atoms with Gasteiger partial charge in [0.1, 0.15) is 5.69 Å². The number of rotatable bonds is 9. The van der Waals surface area contributed by atoms with Crippen LogP contribution in [0.1, 0.15) is 10.4 Å². The lowest BCUT2D eigenvalue weighted by Gasteiger charge is -2.11. The predicted molar refractivity (Wildman–Crippen MR) is 105 cm³/mol. The number of carbonyl (C=O) groups excluding carboxylic acids is 1. The van der Waals surface area contributed by atoms with Gasteiger partial charge in [0.2, 0.25) is 0 Å². The first-order valence-electron chi connectivity index (χ1n) is 8.14. The Morgan fingerprint density at radius 3 is 2.52 bits per heavy atom. The number of nitrogens with zero attached hydrogens (tertiary/aromatic N) is 1. The Kier molecular flexibility index (Phi) is 7.51. The molecule has 0 aromatic heterocycles. The average Bonchev–Trinajstić information content (AvgIpc) is 2.64. The van der Waals surface area contributed by atoms with Crippen molar-refractivity contribution in [3.05, 3.63) is 58.1 Å². The molecule has 8 nitrogen and oxygen atoms in total. The maximum absolute atomic E-state index is 12.6. The van der Waals surface area contributed by atoms with Gasteiger partial charge in [-0.2, -0.15) is 8.78 Å². The number of nitrogens with one attached hydrogen (secondary N) is 2. The molecule has 0 saturated heterocycles. The van der Waals surface area contributed by atoms with Crippen molar-refractivity contribution in [2.75, 3.05) is 24.7 Å². The number of hydrogen-bond acceptors (Lipinski definition) is 7. The first-order valence-corrected chi connectivity index (χ1v) is 10.9. The number of carbonyl (C=O) groups is 1. The molecule has 1 amide bonds. The van der Waals surface area contributed by atoms with Gasteiger partial charge in [-0.15, -0.1) is 0 Å². The van der Waals surface area contributed by atoms with Gasteiger partial charge in [0, 0.05) is 30.3 Å². The number of amides is 1. The summed E-state index contributed by atoms with van der Waals surface area (Å²) >= 11 is 0.264. The lowest BCUT2D eigenvalue weighted by molar-refractivity contribution is -0.384. The number of benzene rings is 2. The molecule has 12 heteroatoms. The third-order valence-corrected chi connectivity index (χ3v) is 5.57. The number of alkyl halides is 2. The molecule has 2 rings (SSSR count). The second-order valence-electron chi connectivity index (χ2n) is 5.77. The van der Waals surface area contributed by atoms with Gasteiger partial charge in [-0.05, 0) is 24.3 Å². The van der Waals surface area contributed by atoms with E-state index in [0.717, 1.165) is 12.3 Å². The third-order valence-electron chi connectivity index (χ3n) is 3.67. The molecule has 0 spiro atoms. The smallest absolute Gasteiger partial charge is 0.293 e. The van der Waals surface area contributed by atoms with Gasteiger partial charge in [-0.1, -0.05) is 23.9 Å². The predicted octanol–water partition coefficient (Wildman–Crippen LogP) is 3.15. The summed E-state index contributed by atoms with van der Waals surface area (Å²) in [5, 5.41) is 16.5. The highest BCUT2D eigenvalue weighted by molar-refractivity contribution is 7.99. The molecule has 29 heavy (non-hydrogen) atoms. The van der Waals surface area contributed by atoms with E-state index in [1.807, 2.05) is 0 Å². The van der Waals surface area contributed by atoms with Gasteiger partial charge in [0.05, 0.1) is 15.4 Å². The minimum absolute atomic E-state index is 0.0531. The average molecular weight is 445 g/mol. The Hall–Kier alpha value is -2.73. The fourth-order valence-corrected chi connectivity index (χ4v) is 3.64. The summed E-state index contributed by atoms with van der Waals surface area (Å²) < 4.78 is 48.3. The first kappa shape index (κ1) is 22.6. The highest BCUT2D eigenvalue weighted by atomic mass is 32.2. The monoisotopic (exact) mass is 445 g/mol. The molecule has 156 valence electrons. The van der Waals surface area contributed by atoms with Gasteiger partial charge >= 0.3 is 0 Å². The number of anilines is 1. The van der Waals surface area contributed by atoms with Crippen LogP contribution >= 0.6 is 11.8 Å². The van der Waals surface area contributed by atoms with Crippen molar-refractivity contribution in [2.45, 2.75) is 15.5 Å². The van der Waals surface area contributed by atoms with Crippen molar-refractivity contribution in [2.24, 2.45) is 0 Å². The summed E-state index contributed by atoms with van der Waals surface area (Å²) in [7, 11) is -3.60. The van der Waals surface area contributed by atoms with Crippen LogP contribution in [0.2, 0.25) is 0 Å². The maximum atomic E-state index is 12.6. The summed E-state index contributed by atoms with van der Waals surface area (Å²) in [5.74, 6) is -3.22. The molecule has 2 aromatic rings. The highest BCUT2D eigenvalue weighted by Gasteiger charge is 2.19. The highest BCUT2D eigenvalue weighted by Crippen LogP contribution is 2.29. The van der Waals surface area contributed by atoms with E-state index < -0.39 is 32.1 Å². The van der Waals surface area contributed by atoms with Gasteiger partial charge in [-0.3, -0.25) is 14.9 Å².